The lowest BCUT2D eigenvalue weighted by molar-refractivity contribution is -0.129. The van der Waals surface area contributed by atoms with Gasteiger partial charge in [0.25, 0.3) is 17.7 Å². The summed E-state index contributed by atoms with van der Waals surface area (Å²) in [4.78, 5) is 35.1. The molecule has 2 rings (SSSR count). The normalized spacial score (nSPS) is 10.2. The Kier molecular flexibility index (Phi) is 7.83. The fourth-order valence-electron chi connectivity index (χ4n) is 1.95. The van der Waals surface area contributed by atoms with Crippen LogP contribution in [0.2, 0.25) is 0 Å². The Hall–Kier alpha value is -3.76. The lowest BCUT2D eigenvalue weighted by atomic mass is 10.2. The van der Waals surface area contributed by atoms with E-state index in [-0.39, 0.29) is 17.1 Å². The van der Waals surface area contributed by atoms with Crippen LogP contribution in [0.1, 0.15) is 10.4 Å². The summed E-state index contributed by atoms with van der Waals surface area (Å²) in [6, 6.07) is 9.87. The maximum atomic E-state index is 12.8. The maximum absolute atomic E-state index is 12.8. The van der Waals surface area contributed by atoms with Crippen molar-refractivity contribution in [1.29, 1.82) is 0 Å². The molecule has 8 nitrogen and oxygen atoms in total. The van der Waals surface area contributed by atoms with Gasteiger partial charge in [0.15, 0.2) is 6.61 Å². The van der Waals surface area contributed by atoms with Gasteiger partial charge in [-0.1, -0.05) is 0 Å². The second kappa shape index (κ2) is 10.5. The van der Waals surface area contributed by atoms with Crippen molar-refractivity contribution in [3.05, 3.63) is 59.9 Å². The zero-order chi connectivity index (χ0) is 21.2. The van der Waals surface area contributed by atoms with Crippen LogP contribution in [0.15, 0.2) is 48.5 Å². The number of hydrogen-bond acceptors (Lipinski definition) is 5. The Morgan fingerprint density at radius 3 is 2.07 bits per heavy atom. The lowest BCUT2D eigenvalue weighted by Crippen LogP contribution is -2.47. The van der Waals surface area contributed by atoms with Crippen LogP contribution >= 0.6 is 0 Å². The van der Waals surface area contributed by atoms with Gasteiger partial charge in [-0.15, -0.1) is 0 Å². The first-order valence-corrected chi connectivity index (χ1v) is 8.12. The van der Waals surface area contributed by atoms with Gasteiger partial charge in [0.2, 0.25) is 0 Å². The Balaban J connectivity index is 1.67. The molecule has 0 saturated heterocycles. The number of ether oxygens (including phenoxy) is 2. The minimum absolute atomic E-state index is 0.111. The molecular weight excluding hydrogens is 395 g/mol. The molecule has 0 radical (unpaired) electrons. The SMILES string of the molecule is O=C(CNC(=O)c1ccc(OC(F)F)cc1)NNC(=O)COc1ccc(F)cc1. The second-order valence-corrected chi connectivity index (χ2v) is 5.42. The number of hydrogen-bond donors (Lipinski definition) is 3. The first-order chi connectivity index (χ1) is 13.8. The number of nitrogens with one attached hydrogen (secondary N) is 3. The number of benzene rings is 2. The summed E-state index contributed by atoms with van der Waals surface area (Å²) >= 11 is 0. The molecule has 0 spiro atoms. The third kappa shape index (κ3) is 7.79. The number of hydrazine groups is 1. The highest BCUT2D eigenvalue weighted by Gasteiger charge is 2.10. The van der Waals surface area contributed by atoms with Crippen molar-refractivity contribution in [2.75, 3.05) is 13.2 Å². The minimum Gasteiger partial charge on any atom is -0.484 e. The molecule has 2 aromatic rings. The maximum Gasteiger partial charge on any atom is 0.387 e. The van der Waals surface area contributed by atoms with Gasteiger partial charge >= 0.3 is 6.61 Å². The van der Waals surface area contributed by atoms with Crippen LogP contribution in [0.4, 0.5) is 13.2 Å². The number of alkyl halides is 2. The minimum atomic E-state index is -2.98. The number of halogens is 3. The quantitative estimate of drug-likeness (QED) is 0.570. The third-order valence-electron chi connectivity index (χ3n) is 3.28. The van der Waals surface area contributed by atoms with Crippen molar-refractivity contribution >= 4 is 17.7 Å². The van der Waals surface area contributed by atoms with E-state index in [2.05, 4.69) is 20.9 Å². The molecule has 3 N–H and O–H groups in total. The Bertz CT molecular complexity index is 845. The van der Waals surface area contributed by atoms with E-state index in [0.29, 0.717) is 0 Å². The summed E-state index contributed by atoms with van der Waals surface area (Å²) in [5.41, 5.74) is 4.27. The van der Waals surface area contributed by atoms with Crippen molar-refractivity contribution < 1.29 is 37.0 Å². The van der Waals surface area contributed by atoms with E-state index in [1.54, 1.807) is 0 Å². The molecule has 29 heavy (non-hydrogen) atoms. The van der Waals surface area contributed by atoms with Crippen LogP contribution < -0.4 is 25.6 Å². The van der Waals surface area contributed by atoms with Crippen molar-refractivity contribution in [2.24, 2.45) is 0 Å². The van der Waals surface area contributed by atoms with Crippen LogP contribution in [0.3, 0.4) is 0 Å². The summed E-state index contributed by atoms with van der Waals surface area (Å²) in [5.74, 6) is -2.32. The van der Waals surface area contributed by atoms with Gasteiger partial charge in [-0.2, -0.15) is 8.78 Å². The highest BCUT2D eigenvalue weighted by Crippen LogP contribution is 2.14. The first-order valence-electron chi connectivity index (χ1n) is 8.12. The van der Waals surface area contributed by atoms with Gasteiger partial charge in [-0.3, -0.25) is 25.2 Å². The zero-order valence-electron chi connectivity index (χ0n) is 14.8. The Labute approximate surface area is 163 Å². The lowest BCUT2D eigenvalue weighted by Gasteiger charge is -2.10. The summed E-state index contributed by atoms with van der Waals surface area (Å²) < 4.78 is 46.1. The summed E-state index contributed by atoms with van der Waals surface area (Å²) in [6.45, 7) is -3.85. The molecule has 2 aromatic carbocycles. The van der Waals surface area contributed by atoms with E-state index in [4.69, 9.17) is 4.74 Å². The molecule has 0 aromatic heterocycles. The highest BCUT2D eigenvalue weighted by molar-refractivity contribution is 5.96. The molecule has 11 heteroatoms. The first kappa shape index (κ1) is 21.5. The van der Waals surface area contributed by atoms with Gasteiger partial charge < -0.3 is 14.8 Å². The Morgan fingerprint density at radius 1 is 0.862 bits per heavy atom. The van der Waals surface area contributed by atoms with E-state index in [0.717, 1.165) is 12.1 Å². The van der Waals surface area contributed by atoms with E-state index >= 15 is 0 Å². The van der Waals surface area contributed by atoms with Gasteiger partial charge in [0.05, 0.1) is 6.54 Å². The highest BCUT2D eigenvalue weighted by atomic mass is 19.3. The average molecular weight is 411 g/mol. The standard InChI is InChI=1S/C18H16F3N3O5/c19-12-3-7-13(8-4-12)28-10-16(26)24-23-15(25)9-22-17(27)11-1-5-14(6-2-11)29-18(20)21/h1-8,18H,9-10H2,(H,22,27)(H,23,25)(H,24,26). The van der Waals surface area contributed by atoms with Crippen molar-refractivity contribution in [1.82, 2.24) is 16.2 Å². The van der Waals surface area contributed by atoms with E-state index < -0.39 is 43.3 Å². The largest absolute Gasteiger partial charge is 0.484 e. The Morgan fingerprint density at radius 2 is 1.45 bits per heavy atom. The third-order valence-corrected chi connectivity index (χ3v) is 3.28. The van der Waals surface area contributed by atoms with E-state index in [1.165, 1.54) is 36.4 Å². The monoisotopic (exact) mass is 411 g/mol. The molecule has 3 amide bonds. The molecule has 0 aliphatic rings. The predicted octanol–water partition coefficient (Wildman–Crippen LogP) is 1.38. The van der Waals surface area contributed by atoms with Crippen LogP contribution in [-0.4, -0.2) is 37.5 Å². The molecule has 0 aliphatic carbocycles. The van der Waals surface area contributed by atoms with Crippen LogP contribution in [0.5, 0.6) is 11.5 Å². The zero-order valence-corrected chi connectivity index (χ0v) is 14.8. The van der Waals surface area contributed by atoms with Crippen LogP contribution in [0.25, 0.3) is 0 Å². The van der Waals surface area contributed by atoms with Crippen LogP contribution in [-0.2, 0) is 9.59 Å². The van der Waals surface area contributed by atoms with Gasteiger partial charge in [0, 0.05) is 5.56 Å². The van der Waals surface area contributed by atoms with Gasteiger partial charge in [0.1, 0.15) is 17.3 Å². The van der Waals surface area contributed by atoms with Crippen molar-refractivity contribution in [2.45, 2.75) is 6.61 Å². The summed E-state index contributed by atoms with van der Waals surface area (Å²) in [5, 5.41) is 2.29. The molecule has 0 fully saturated rings. The molecule has 154 valence electrons. The molecule has 0 bridgehead atoms. The molecule has 0 aliphatic heterocycles. The molecule has 0 saturated carbocycles. The predicted molar refractivity (Wildman–Crippen MR) is 93.6 cm³/mol. The molecular formula is C18H16F3N3O5. The van der Waals surface area contributed by atoms with Gasteiger partial charge in [-0.25, -0.2) is 4.39 Å². The van der Waals surface area contributed by atoms with E-state index in [9.17, 15) is 27.6 Å². The average Bonchev–Trinajstić information content (AvgIpc) is 2.70. The molecule has 0 heterocycles. The van der Waals surface area contributed by atoms with E-state index in [1.807, 2.05) is 0 Å². The smallest absolute Gasteiger partial charge is 0.387 e. The number of carbonyl (C=O) groups is 3. The molecule has 0 atom stereocenters. The fraction of sp³-hybridized carbons (Fsp3) is 0.167. The summed E-state index contributed by atoms with van der Waals surface area (Å²) in [6.07, 6.45) is 0. The summed E-state index contributed by atoms with van der Waals surface area (Å²) in [7, 11) is 0. The van der Waals surface area contributed by atoms with Crippen molar-refractivity contribution in [3.63, 3.8) is 0 Å². The number of rotatable bonds is 8. The van der Waals surface area contributed by atoms with Crippen molar-refractivity contribution in [3.8, 4) is 11.5 Å². The number of carbonyl (C=O) groups excluding carboxylic acids is 3. The van der Waals surface area contributed by atoms with Crippen LogP contribution in [0, 0.1) is 5.82 Å². The fourth-order valence-corrected chi connectivity index (χ4v) is 1.95. The number of amides is 3. The van der Waals surface area contributed by atoms with Gasteiger partial charge in [-0.05, 0) is 48.5 Å². The second-order valence-electron chi connectivity index (χ2n) is 5.42. The topological polar surface area (TPSA) is 106 Å². The molecule has 0 unspecified atom stereocenters.